The Morgan fingerprint density at radius 3 is 2.50 bits per heavy atom. The zero-order chi connectivity index (χ0) is 22.5. The quantitative estimate of drug-likeness (QED) is 0.570. The predicted molar refractivity (Wildman–Crippen MR) is 127 cm³/mol. The maximum atomic E-state index is 13.5. The van der Waals surface area contributed by atoms with Gasteiger partial charge in [0.1, 0.15) is 0 Å². The normalized spacial score (nSPS) is 19.6. The van der Waals surface area contributed by atoms with Crippen LogP contribution in [0, 0.1) is 0 Å². The summed E-state index contributed by atoms with van der Waals surface area (Å²) in [7, 11) is 4.72. The van der Waals surface area contributed by atoms with E-state index in [1.807, 2.05) is 29.2 Å². The van der Waals surface area contributed by atoms with Gasteiger partial charge in [-0.15, -0.1) is 0 Å². The lowest BCUT2D eigenvalue weighted by molar-refractivity contribution is -0.124. The average molecular weight is 454 g/mol. The molecule has 32 heavy (non-hydrogen) atoms. The second-order valence-electron chi connectivity index (χ2n) is 7.61. The van der Waals surface area contributed by atoms with Gasteiger partial charge in [0.25, 0.3) is 5.91 Å². The summed E-state index contributed by atoms with van der Waals surface area (Å²) in [4.78, 5) is 24.9. The molecule has 0 radical (unpaired) electrons. The summed E-state index contributed by atoms with van der Waals surface area (Å²) in [6.07, 6.45) is 10.7. The molecule has 2 aliphatic rings. The van der Waals surface area contributed by atoms with Crippen molar-refractivity contribution in [2.75, 3.05) is 21.3 Å². The Morgan fingerprint density at radius 1 is 1.06 bits per heavy atom. The molecule has 8 heteroatoms. The minimum atomic E-state index is -0.0265. The lowest BCUT2D eigenvalue weighted by atomic mass is 9.94. The van der Waals surface area contributed by atoms with E-state index in [2.05, 4.69) is 4.98 Å². The monoisotopic (exact) mass is 453 g/mol. The Bertz CT molecular complexity index is 1030. The first-order valence-corrected chi connectivity index (χ1v) is 11.5. The van der Waals surface area contributed by atoms with Gasteiger partial charge in [-0.3, -0.25) is 14.7 Å². The molecule has 1 aliphatic heterocycles. The van der Waals surface area contributed by atoms with Gasteiger partial charge in [0.05, 0.1) is 38.1 Å². The standard InChI is InChI=1S/C24H27N3O4S/c1-29-19-12-11-16(21(30-2)22(19)31-3)14-20-23(28)27(18-9-5-4-6-10-18)24(32-20)26-17-8-7-13-25-15-17/h7-8,11-15,18H,4-6,9-10H2,1-3H3/b20-14-,26-24?. The zero-order valence-electron chi connectivity index (χ0n) is 18.5. The Hall–Kier alpha value is -3.00. The van der Waals surface area contributed by atoms with Crippen molar-refractivity contribution in [1.82, 2.24) is 9.88 Å². The molecule has 1 aliphatic carbocycles. The van der Waals surface area contributed by atoms with E-state index in [0.29, 0.717) is 27.3 Å². The lowest BCUT2D eigenvalue weighted by Crippen LogP contribution is -2.40. The molecule has 1 amide bonds. The van der Waals surface area contributed by atoms with E-state index in [1.165, 1.54) is 18.2 Å². The third-order valence-electron chi connectivity index (χ3n) is 5.67. The fraction of sp³-hybridized carbons (Fsp3) is 0.375. The summed E-state index contributed by atoms with van der Waals surface area (Å²) in [5, 5.41) is 0.695. The molecule has 168 valence electrons. The molecule has 1 aromatic heterocycles. The Morgan fingerprint density at radius 2 is 1.84 bits per heavy atom. The largest absolute Gasteiger partial charge is 0.493 e. The highest BCUT2D eigenvalue weighted by Gasteiger charge is 2.39. The highest BCUT2D eigenvalue weighted by molar-refractivity contribution is 8.18. The number of hydrogen-bond donors (Lipinski definition) is 0. The number of thioether (sulfide) groups is 1. The van der Waals surface area contributed by atoms with Crippen molar-refractivity contribution >= 4 is 34.6 Å². The third-order valence-corrected chi connectivity index (χ3v) is 6.65. The first kappa shape index (κ1) is 22.2. The van der Waals surface area contributed by atoms with Crippen LogP contribution in [-0.4, -0.2) is 48.3 Å². The van der Waals surface area contributed by atoms with Crippen LogP contribution in [0.1, 0.15) is 37.7 Å². The van der Waals surface area contributed by atoms with Crippen LogP contribution in [0.3, 0.4) is 0 Å². The van der Waals surface area contributed by atoms with E-state index < -0.39 is 0 Å². The maximum Gasteiger partial charge on any atom is 0.267 e. The van der Waals surface area contributed by atoms with Crippen molar-refractivity contribution in [3.8, 4) is 17.2 Å². The molecule has 2 fully saturated rings. The van der Waals surface area contributed by atoms with Crippen LogP contribution >= 0.6 is 11.8 Å². The van der Waals surface area contributed by atoms with E-state index >= 15 is 0 Å². The number of carbonyl (C=O) groups excluding carboxylic acids is 1. The smallest absolute Gasteiger partial charge is 0.267 e. The van der Waals surface area contributed by atoms with Crippen LogP contribution in [0.15, 0.2) is 46.6 Å². The van der Waals surface area contributed by atoms with Crippen LogP contribution in [0.25, 0.3) is 6.08 Å². The first-order valence-electron chi connectivity index (χ1n) is 10.7. The predicted octanol–water partition coefficient (Wildman–Crippen LogP) is 5.04. The van der Waals surface area contributed by atoms with Gasteiger partial charge < -0.3 is 14.2 Å². The summed E-state index contributed by atoms with van der Waals surface area (Å²) >= 11 is 1.38. The fourth-order valence-electron chi connectivity index (χ4n) is 4.14. The van der Waals surface area contributed by atoms with Crippen LogP contribution in [0.4, 0.5) is 5.69 Å². The molecular formula is C24H27N3O4S. The van der Waals surface area contributed by atoms with Gasteiger partial charge in [-0.2, -0.15) is 0 Å². The van der Waals surface area contributed by atoms with Gasteiger partial charge >= 0.3 is 0 Å². The molecule has 0 N–H and O–H groups in total. The van der Waals surface area contributed by atoms with Gasteiger partial charge in [0.15, 0.2) is 16.7 Å². The second kappa shape index (κ2) is 10.1. The van der Waals surface area contributed by atoms with Gasteiger partial charge in [-0.1, -0.05) is 19.3 Å². The minimum Gasteiger partial charge on any atom is -0.493 e. The number of pyridine rings is 1. The van der Waals surface area contributed by atoms with E-state index in [-0.39, 0.29) is 11.9 Å². The molecule has 2 heterocycles. The van der Waals surface area contributed by atoms with Crippen LogP contribution in [0.5, 0.6) is 17.2 Å². The number of nitrogens with zero attached hydrogens (tertiary/aromatic N) is 3. The summed E-state index contributed by atoms with van der Waals surface area (Å²) in [5.41, 5.74) is 1.47. The number of amides is 1. The molecular weight excluding hydrogens is 426 g/mol. The molecule has 1 aromatic carbocycles. The Kier molecular flexibility index (Phi) is 6.99. The average Bonchev–Trinajstić information content (AvgIpc) is 3.14. The topological polar surface area (TPSA) is 73.3 Å². The van der Waals surface area contributed by atoms with E-state index in [0.717, 1.165) is 36.9 Å². The van der Waals surface area contributed by atoms with Crippen molar-refractivity contribution in [2.24, 2.45) is 4.99 Å². The second-order valence-corrected chi connectivity index (χ2v) is 8.62. The summed E-state index contributed by atoms with van der Waals surface area (Å²) in [5.74, 6) is 1.56. The maximum absolute atomic E-state index is 13.5. The number of aliphatic imine (C=N–C) groups is 1. The SMILES string of the molecule is COc1ccc(/C=C2\SC(=Nc3cccnc3)N(C3CCCCC3)C2=O)c(OC)c1OC. The first-order chi connectivity index (χ1) is 15.7. The Balaban J connectivity index is 1.74. The molecule has 0 unspecified atom stereocenters. The lowest BCUT2D eigenvalue weighted by Gasteiger charge is -2.30. The summed E-state index contributed by atoms with van der Waals surface area (Å²) in [6.45, 7) is 0. The molecule has 7 nitrogen and oxygen atoms in total. The van der Waals surface area contributed by atoms with Gasteiger partial charge in [0.2, 0.25) is 5.75 Å². The van der Waals surface area contributed by atoms with Crippen LogP contribution in [-0.2, 0) is 4.79 Å². The minimum absolute atomic E-state index is 0.0265. The van der Waals surface area contributed by atoms with Crippen molar-refractivity contribution < 1.29 is 19.0 Å². The highest BCUT2D eigenvalue weighted by atomic mass is 32.2. The van der Waals surface area contributed by atoms with Crippen LogP contribution < -0.4 is 14.2 Å². The molecule has 2 aromatic rings. The van der Waals surface area contributed by atoms with E-state index in [1.54, 1.807) is 39.8 Å². The molecule has 0 atom stereocenters. The molecule has 0 bridgehead atoms. The molecule has 1 saturated carbocycles. The number of carbonyl (C=O) groups is 1. The highest BCUT2D eigenvalue weighted by Crippen LogP contribution is 2.43. The number of amidine groups is 1. The molecule has 0 spiro atoms. The van der Waals surface area contributed by atoms with Crippen molar-refractivity contribution in [3.05, 3.63) is 47.1 Å². The fourth-order valence-corrected chi connectivity index (χ4v) is 5.19. The number of methoxy groups -OCH3 is 3. The Labute approximate surface area is 192 Å². The van der Waals surface area contributed by atoms with Crippen molar-refractivity contribution in [3.63, 3.8) is 0 Å². The number of aromatic nitrogens is 1. The number of benzene rings is 1. The van der Waals surface area contributed by atoms with Gasteiger partial charge in [-0.05, 0) is 54.9 Å². The summed E-state index contributed by atoms with van der Waals surface area (Å²) < 4.78 is 16.5. The van der Waals surface area contributed by atoms with E-state index in [4.69, 9.17) is 19.2 Å². The zero-order valence-corrected chi connectivity index (χ0v) is 19.4. The number of ether oxygens (including phenoxy) is 3. The molecule has 4 rings (SSSR count). The third kappa shape index (κ3) is 4.46. The number of hydrogen-bond acceptors (Lipinski definition) is 7. The van der Waals surface area contributed by atoms with Crippen molar-refractivity contribution in [1.29, 1.82) is 0 Å². The van der Waals surface area contributed by atoms with E-state index in [9.17, 15) is 4.79 Å². The van der Waals surface area contributed by atoms with Crippen LogP contribution in [0.2, 0.25) is 0 Å². The van der Waals surface area contributed by atoms with Gasteiger partial charge in [0, 0.05) is 17.8 Å². The van der Waals surface area contributed by atoms with Crippen molar-refractivity contribution in [2.45, 2.75) is 38.1 Å². The number of rotatable bonds is 6. The summed E-state index contributed by atoms with van der Waals surface area (Å²) in [6, 6.07) is 7.57. The van der Waals surface area contributed by atoms with Gasteiger partial charge in [-0.25, -0.2) is 4.99 Å². The molecule has 1 saturated heterocycles.